The Morgan fingerprint density at radius 2 is 1.75 bits per heavy atom. The van der Waals surface area contributed by atoms with Gasteiger partial charge in [-0.15, -0.1) is 0 Å². The maximum Gasteiger partial charge on any atom is 0.307 e. The van der Waals surface area contributed by atoms with Gasteiger partial charge in [0.2, 0.25) is 0 Å². The van der Waals surface area contributed by atoms with Crippen molar-refractivity contribution in [2.45, 2.75) is 19.4 Å². The number of nitrogens with one attached hydrogen (secondary N) is 1. The summed E-state index contributed by atoms with van der Waals surface area (Å²) in [7, 11) is 1.32. The summed E-state index contributed by atoms with van der Waals surface area (Å²) in [5.74, 6) is -0.713. The Morgan fingerprint density at radius 3 is 2.29 bits per heavy atom. The van der Waals surface area contributed by atoms with Crippen LogP contribution in [-0.4, -0.2) is 19.0 Å². The van der Waals surface area contributed by atoms with Crippen molar-refractivity contribution in [2.24, 2.45) is 0 Å². The van der Waals surface area contributed by atoms with Crippen molar-refractivity contribution in [2.75, 3.05) is 7.11 Å². The van der Waals surface area contributed by atoms with Gasteiger partial charge >= 0.3 is 5.97 Å². The number of benzene rings is 2. The van der Waals surface area contributed by atoms with Crippen molar-refractivity contribution >= 4 is 11.9 Å². The fourth-order valence-corrected chi connectivity index (χ4v) is 2.24. The van der Waals surface area contributed by atoms with E-state index in [1.807, 2.05) is 37.3 Å². The molecule has 24 heavy (non-hydrogen) atoms. The van der Waals surface area contributed by atoms with Crippen LogP contribution in [0.1, 0.15) is 39.5 Å². The first kappa shape index (κ1) is 17.2. The molecule has 0 aliphatic heterocycles. The number of nitrogens with zero attached hydrogens (tertiary/aromatic N) is 1. The van der Waals surface area contributed by atoms with Crippen molar-refractivity contribution in [1.29, 1.82) is 5.26 Å². The number of nitriles is 1. The quantitative estimate of drug-likeness (QED) is 0.858. The van der Waals surface area contributed by atoms with Crippen LogP contribution in [0.15, 0.2) is 48.5 Å². The SMILES string of the molecule is COC(=O)C[C@H](NC(=O)c1ccc(C#N)cc1)c1ccc(C)cc1. The third-order valence-electron chi connectivity index (χ3n) is 3.66. The van der Waals surface area contributed by atoms with Crippen molar-refractivity contribution in [1.82, 2.24) is 5.32 Å². The minimum absolute atomic E-state index is 0.0432. The van der Waals surface area contributed by atoms with Crippen LogP contribution >= 0.6 is 0 Å². The van der Waals surface area contributed by atoms with E-state index in [4.69, 9.17) is 10.00 Å². The zero-order valence-electron chi connectivity index (χ0n) is 13.6. The van der Waals surface area contributed by atoms with E-state index >= 15 is 0 Å². The molecule has 0 aromatic heterocycles. The predicted octanol–water partition coefficient (Wildman–Crippen LogP) is 2.90. The molecule has 122 valence electrons. The molecule has 0 saturated carbocycles. The van der Waals surface area contributed by atoms with E-state index in [1.54, 1.807) is 24.3 Å². The largest absolute Gasteiger partial charge is 0.469 e. The third-order valence-corrected chi connectivity index (χ3v) is 3.66. The van der Waals surface area contributed by atoms with Crippen molar-refractivity contribution in [3.05, 3.63) is 70.8 Å². The molecule has 0 radical (unpaired) electrons. The molecule has 0 heterocycles. The molecular weight excluding hydrogens is 304 g/mol. The highest BCUT2D eigenvalue weighted by molar-refractivity contribution is 5.94. The summed E-state index contributed by atoms with van der Waals surface area (Å²) in [6, 6.07) is 15.4. The second kappa shape index (κ2) is 7.93. The number of aryl methyl sites for hydroxylation is 1. The maximum atomic E-state index is 12.4. The Kier molecular flexibility index (Phi) is 5.69. The lowest BCUT2D eigenvalue weighted by Gasteiger charge is -2.18. The average molecular weight is 322 g/mol. The maximum absolute atomic E-state index is 12.4. The van der Waals surface area contributed by atoms with Gasteiger partial charge < -0.3 is 10.1 Å². The smallest absolute Gasteiger partial charge is 0.307 e. The second-order valence-electron chi connectivity index (χ2n) is 5.41. The molecule has 0 unspecified atom stereocenters. The first-order valence-corrected chi connectivity index (χ1v) is 7.48. The molecule has 5 heteroatoms. The molecule has 0 spiro atoms. The van der Waals surface area contributed by atoms with E-state index in [0.29, 0.717) is 11.1 Å². The summed E-state index contributed by atoms with van der Waals surface area (Å²) in [6.07, 6.45) is 0.0432. The fraction of sp³-hybridized carbons (Fsp3) is 0.211. The van der Waals surface area contributed by atoms with E-state index in [-0.39, 0.29) is 12.3 Å². The number of hydrogen-bond donors (Lipinski definition) is 1. The number of esters is 1. The summed E-state index contributed by atoms with van der Waals surface area (Å²) >= 11 is 0. The van der Waals surface area contributed by atoms with E-state index in [0.717, 1.165) is 11.1 Å². The first-order chi connectivity index (χ1) is 11.5. The third kappa shape index (κ3) is 4.43. The number of amides is 1. The first-order valence-electron chi connectivity index (χ1n) is 7.48. The predicted molar refractivity (Wildman–Crippen MR) is 89.2 cm³/mol. The van der Waals surface area contributed by atoms with E-state index < -0.39 is 12.0 Å². The van der Waals surface area contributed by atoms with Gasteiger partial charge in [-0.3, -0.25) is 9.59 Å². The normalized spacial score (nSPS) is 11.2. The number of ether oxygens (including phenoxy) is 1. The molecule has 1 atom stereocenters. The van der Waals surface area contributed by atoms with Crippen LogP contribution in [0.25, 0.3) is 0 Å². The van der Waals surface area contributed by atoms with Crippen LogP contribution in [0, 0.1) is 18.3 Å². The molecule has 2 rings (SSSR count). The van der Waals surface area contributed by atoms with Gasteiger partial charge in [0, 0.05) is 5.56 Å². The fourth-order valence-electron chi connectivity index (χ4n) is 2.24. The average Bonchev–Trinajstić information content (AvgIpc) is 2.61. The summed E-state index contributed by atoms with van der Waals surface area (Å²) in [4.78, 5) is 24.1. The van der Waals surface area contributed by atoms with Gasteiger partial charge in [0.05, 0.1) is 31.2 Å². The Bertz CT molecular complexity index is 759. The Morgan fingerprint density at radius 1 is 1.12 bits per heavy atom. The van der Waals surface area contributed by atoms with Crippen LogP contribution < -0.4 is 5.32 Å². The summed E-state index contributed by atoms with van der Waals surface area (Å²) < 4.78 is 4.72. The summed E-state index contributed by atoms with van der Waals surface area (Å²) in [5.41, 5.74) is 2.83. The van der Waals surface area contributed by atoms with Crippen LogP contribution in [0.2, 0.25) is 0 Å². The van der Waals surface area contributed by atoms with Crippen molar-refractivity contribution < 1.29 is 14.3 Å². The Hall–Kier alpha value is -3.13. The number of carbonyl (C=O) groups excluding carboxylic acids is 2. The Balaban J connectivity index is 2.20. The lowest BCUT2D eigenvalue weighted by Crippen LogP contribution is -2.30. The number of rotatable bonds is 5. The number of hydrogen-bond acceptors (Lipinski definition) is 4. The van der Waals surface area contributed by atoms with E-state index in [1.165, 1.54) is 7.11 Å². The molecule has 1 amide bonds. The standard InChI is InChI=1S/C19H18N2O3/c1-13-3-7-15(8-4-13)17(11-18(22)24-2)21-19(23)16-9-5-14(12-20)6-10-16/h3-10,17H,11H2,1-2H3,(H,21,23)/t17-/m0/s1. The highest BCUT2D eigenvalue weighted by atomic mass is 16.5. The zero-order valence-corrected chi connectivity index (χ0v) is 13.6. The molecular formula is C19H18N2O3. The summed E-state index contributed by atoms with van der Waals surface area (Å²) in [6.45, 7) is 1.97. The van der Waals surface area contributed by atoms with Gasteiger partial charge in [-0.05, 0) is 36.8 Å². The second-order valence-corrected chi connectivity index (χ2v) is 5.41. The number of carbonyl (C=O) groups is 2. The topological polar surface area (TPSA) is 79.2 Å². The molecule has 5 nitrogen and oxygen atoms in total. The van der Waals surface area contributed by atoms with Gasteiger partial charge in [-0.25, -0.2) is 0 Å². The van der Waals surface area contributed by atoms with Gasteiger partial charge in [0.1, 0.15) is 0 Å². The molecule has 2 aromatic carbocycles. The van der Waals surface area contributed by atoms with Crippen LogP contribution in [-0.2, 0) is 9.53 Å². The van der Waals surface area contributed by atoms with Crippen LogP contribution in [0.3, 0.4) is 0 Å². The van der Waals surface area contributed by atoms with Crippen molar-refractivity contribution in [3.63, 3.8) is 0 Å². The van der Waals surface area contributed by atoms with Gasteiger partial charge in [0.25, 0.3) is 5.91 Å². The highest BCUT2D eigenvalue weighted by Crippen LogP contribution is 2.19. The van der Waals surface area contributed by atoms with Crippen LogP contribution in [0.4, 0.5) is 0 Å². The van der Waals surface area contributed by atoms with Gasteiger partial charge in [0.15, 0.2) is 0 Å². The van der Waals surface area contributed by atoms with Crippen molar-refractivity contribution in [3.8, 4) is 6.07 Å². The monoisotopic (exact) mass is 322 g/mol. The highest BCUT2D eigenvalue weighted by Gasteiger charge is 2.19. The van der Waals surface area contributed by atoms with Gasteiger partial charge in [-0.2, -0.15) is 5.26 Å². The lowest BCUT2D eigenvalue weighted by molar-refractivity contribution is -0.141. The lowest BCUT2D eigenvalue weighted by atomic mass is 10.0. The van der Waals surface area contributed by atoms with E-state index in [9.17, 15) is 9.59 Å². The molecule has 2 aromatic rings. The minimum atomic E-state index is -0.485. The molecule has 1 N–H and O–H groups in total. The van der Waals surface area contributed by atoms with Crippen LogP contribution in [0.5, 0.6) is 0 Å². The molecule has 0 bridgehead atoms. The van der Waals surface area contributed by atoms with E-state index in [2.05, 4.69) is 5.32 Å². The number of methoxy groups -OCH3 is 1. The molecule has 0 aliphatic rings. The molecule has 0 fully saturated rings. The minimum Gasteiger partial charge on any atom is -0.469 e. The summed E-state index contributed by atoms with van der Waals surface area (Å²) in [5, 5.41) is 11.7. The van der Waals surface area contributed by atoms with Gasteiger partial charge in [-0.1, -0.05) is 29.8 Å². The Labute approximate surface area is 140 Å². The molecule has 0 saturated heterocycles. The zero-order chi connectivity index (χ0) is 17.5. The molecule has 0 aliphatic carbocycles.